The van der Waals surface area contributed by atoms with Crippen molar-refractivity contribution in [3.05, 3.63) is 28.6 Å². The molecule has 4 nitrogen and oxygen atoms in total. The molecule has 2 aliphatic heterocycles. The van der Waals surface area contributed by atoms with Crippen LogP contribution in [0.2, 0.25) is 0 Å². The van der Waals surface area contributed by atoms with E-state index in [0.717, 1.165) is 21.6 Å². The van der Waals surface area contributed by atoms with Gasteiger partial charge in [0.05, 0.1) is 11.5 Å². The van der Waals surface area contributed by atoms with Crippen molar-refractivity contribution in [3.8, 4) is 5.75 Å². The van der Waals surface area contributed by atoms with Gasteiger partial charge in [-0.1, -0.05) is 34.6 Å². The first-order chi connectivity index (χ1) is 11.6. The molecule has 0 spiro atoms. The van der Waals surface area contributed by atoms with Crippen molar-refractivity contribution in [2.45, 2.75) is 52.9 Å². The van der Waals surface area contributed by atoms with Gasteiger partial charge in [-0.3, -0.25) is 0 Å². The van der Waals surface area contributed by atoms with Crippen LogP contribution in [0.3, 0.4) is 0 Å². The van der Waals surface area contributed by atoms with Gasteiger partial charge in [-0.15, -0.1) is 11.3 Å². The molecule has 2 aliphatic rings. The zero-order valence-corrected chi connectivity index (χ0v) is 17.3. The van der Waals surface area contributed by atoms with E-state index in [0.29, 0.717) is 6.61 Å². The predicted molar refractivity (Wildman–Crippen MR) is 98.7 cm³/mol. The van der Waals surface area contributed by atoms with E-state index in [1.54, 1.807) is 11.3 Å². The molecule has 133 valence electrons. The van der Waals surface area contributed by atoms with E-state index in [4.69, 9.17) is 18.9 Å². The summed E-state index contributed by atoms with van der Waals surface area (Å²) in [5, 5.41) is 1.15. The fourth-order valence-corrected chi connectivity index (χ4v) is 6.18. The van der Waals surface area contributed by atoms with Crippen molar-refractivity contribution in [3.63, 3.8) is 0 Å². The summed E-state index contributed by atoms with van der Waals surface area (Å²) in [6.07, 6.45) is 0. The zero-order chi connectivity index (χ0) is 18.3. The van der Waals surface area contributed by atoms with Gasteiger partial charge < -0.3 is 9.16 Å². The SMILES string of the molecule is Cc1c(C23OCC(C)(C)C2(C(C)(C)C)OO3)sc2ccc(O[Si])cc12. The second kappa shape index (κ2) is 5.08. The van der Waals surface area contributed by atoms with E-state index in [2.05, 4.69) is 58.1 Å². The van der Waals surface area contributed by atoms with Gasteiger partial charge >= 0.3 is 10.5 Å². The van der Waals surface area contributed by atoms with Crippen LogP contribution in [0.1, 0.15) is 45.1 Å². The van der Waals surface area contributed by atoms with Crippen LogP contribution in [-0.4, -0.2) is 22.7 Å². The highest BCUT2D eigenvalue weighted by Gasteiger charge is 2.82. The Balaban J connectivity index is 1.95. The average molecular weight is 376 g/mol. The van der Waals surface area contributed by atoms with Crippen LogP contribution in [0.25, 0.3) is 10.1 Å². The lowest BCUT2D eigenvalue weighted by Crippen LogP contribution is -2.72. The average Bonchev–Trinajstić information content (AvgIpc) is 2.89. The van der Waals surface area contributed by atoms with Crippen LogP contribution < -0.4 is 4.43 Å². The molecular formula is C19H23O4SSi. The zero-order valence-electron chi connectivity index (χ0n) is 15.5. The van der Waals surface area contributed by atoms with E-state index >= 15 is 0 Å². The number of rotatable bonds is 2. The second-order valence-electron chi connectivity index (χ2n) is 8.70. The minimum Gasteiger partial charge on any atom is -0.540 e. The monoisotopic (exact) mass is 375 g/mol. The molecule has 2 aromatic rings. The Morgan fingerprint density at radius 1 is 1.20 bits per heavy atom. The van der Waals surface area contributed by atoms with Crippen molar-refractivity contribution >= 4 is 31.9 Å². The van der Waals surface area contributed by atoms with E-state index in [1.165, 1.54) is 4.70 Å². The van der Waals surface area contributed by atoms with E-state index < -0.39 is 11.4 Å². The fourth-order valence-electron chi connectivity index (χ4n) is 4.74. The van der Waals surface area contributed by atoms with Crippen molar-refractivity contribution < 1.29 is 18.9 Å². The van der Waals surface area contributed by atoms with E-state index in [-0.39, 0.29) is 10.8 Å². The van der Waals surface area contributed by atoms with Crippen LogP contribution >= 0.6 is 11.3 Å². The predicted octanol–water partition coefficient (Wildman–Crippen LogP) is 4.63. The van der Waals surface area contributed by atoms with Crippen LogP contribution in [0.5, 0.6) is 5.75 Å². The van der Waals surface area contributed by atoms with Crippen molar-refractivity contribution in [1.82, 2.24) is 0 Å². The third-order valence-corrected chi connectivity index (χ3v) is 7.31. The Kier molecular flexibility index (Phi) is 3.55. The summed E-state index contributed by atoms with van der Waals surface area (Å²) in [4.78, 5) is 12.8. The number of hydrogen-bond acceptors (Lipinski definition) is 5. The van der Waals surface area contributed by atoms with Gasteiger partial charge in [0.25, 0.3) is 5.79 Å². The quantitative estimate of drug-likeness (QED) is 0.566. The molecule has 25 heavy (non-hydrogen) atoms. The maximum Gasteiger partial charge on any atom is 0.341 e. The van der Waals surface area contributed by atoms with Gasteiger partial charge in [0.2, 0.25) is 0 Å². The molecule has 1 aromatic carbocycles. The van der Waals surface area contributed by atoms with Crippen molar-refractivity contribution in [2.24, 2.45) is 10.8 Å². The molecule has 2 saturated heterocycles. The summed E-state index contributed by atoms with van der Waals surface area (Å²) in [7, 11) is 3.11. The van der Waals surface area contributed by atoms with E-state index in [9.17, 15) is 0 Å². The Labute approximate surface area is 155 Å². The normalized spacial score (nSPS) is 31.0. The van der Waals surface area contributed by atoms with E-state index in [1.807, 2.05) is 12.1 Å². The summed E-state index contributed by atoms with van der Waals surface area (Å²) in [6.45, 7) is 13.7. The number of hydrogen-bond donors (Lipinski definition) is 0. The number of benzene rings is 1. The molecule has 0 aliphatic carbocycles. The summed E-state index contributed by atoms with van der Waals surface area (Å²) >= 11 is 1.71. The van der Waals surface area contributed by atoms with Crippen molar-refractivity contribution in [2.75, 3.05) is 6.61 Å². The molecule has 3 heterocycles. The molecule has 4 rings (SSSR count). The number of ether oxygens (including phenoxy) is 1. The molecule has 2 unspecified atom stereocenters. The summed E-state index contributed by atoms with van der Waals surface area (Å²) in [5.74, 6) is -0.0908. The highest BCUT2D eigenvalue weighted by molar-refractivity contribution is 7.19. The smallest absolute Gasteiger partial charge is 0.341 e. The minimum absolute atomic E-state index is 0.155. The largest absolute Gasteiger partial charge is 0.540 e. The third-order valence-electron chi connectivity index (χ3n) is 5.72. The molecule has 2 fully saturated rings. The first-order valence-electron chi connectivity index (χ1n) is 8.48. The molecule has 0 amide bonds. The Hall–Kier alpha value is -0.923. The van der Waals surface area contributed by atoms with Crippen molar-refractivity contribution in [1.29, 1.82) is 0 Å². The van der Waals surface area contributed by atoms with Gasteiger partial charge in [0, 0.05) is 15.5 Å². The number of thiophene rings is 1. The fraction of sp³-hybridized carbons (Fsp3) is 0.579. The lowest BCUT2D eigenvalue weighted by molar-refractivity contribution is -0.625. The first kappa shape index (κ1) is 17.5. The lowest BCUT2D eigenvalue weighted by atomic mass is 9.58. The second-order valence-corrected chi connectivity index (χ2v) is 9.96. The molecule has 6 heteroatoms. The topological polar surface area (TPSA) is 36.9 Å². The van der Waals surface area contributed by atoms with Gasteiger partial charge in [0.15, 0.2) is 5.60 Å². The molecule has 0 bridgehead atoms. The molecular weight excluding hydrogens is 352 g/mol. The van der Waals surface area contributed by atoms with Gasteiger partial charge in [0.1, 0.15) is 5.75 Å². The van der Waals surface area contributed by atoms with Crippen LogP contribution in [-0.2, 0) is 20.3 Å². The summed E-state index contributed by atoms with van der Waals surface area (Å²) in [6, 6.07) is 6.05. The highest BCUT2D eigenvalue weighted by Crippen LogP contribution is 2.70. The van der Waals surface area contributed by atoms with Gasteiger partial charge in [-0.05, 0) is 36.1 Å². The van der Waals surface area contributed by atoms with Gasteiger partial charge in [-0.25, -0.2) is 4.89 Å². The summed E-state index contributed by atoms with van der Waals surface area (Å²) < 4.78 is 12.7. The van der Waals surface area contributed by atoms with Gasteiger partial charge in [-0.2, -0.15) is 4.89 Å². The maximum absolute atomic E-state index is 6.36. The number of fused-ring (bicyclic) bond motifs is 2. The molecule has 0 saturated carbocycles. The maximum atomic E-state index is 6.36. The van der Waals surface area contributed by atoms with Crippen LogP contribution in [0.4, 0.5) is 0 Å². The highest BCUT2D eigenvalue weighted by atomic mass is 32.1. The molecule has 3 radical (unpaired) electrons. The summed E-state index contributed by atoms with van der Waals surface area (Å²) in [5.41, 5.74) is 0.279. The molecule has 2 atom stereocenters. The minimum atomic E-state index is -0.864. The standard InChI is InChI=1S/C19H23O4SSi/c1-11-13-9-12(21-25)7-8-14(13)24-15(11)18-19(23-22-18,16(2,3)4)17(5,6)10-20-18/h7-9H,10H2,1-6H3. The lowest BCUT2D eigenvalue weighted by Gasteiger charge is -2.60. The van der Waals surface area contributed by atoms with Crippen LogP contribution in [0, 0.1) is 17.8 Å². The number of aryl methyl sites for hydroxylation is 1. The molecule has 1 aromatic heterocycles. The Bertz CT molecular complexity index is 853. The third kappa shape index (κ3) is 1.92. The Morgan fingerprint density at radius 2 is 1.92 bits per heavy atom. The van der Waals surface area contributed by atoms with Crippen LogP contribution in [0.15, 0.2) is 18.2 Å². The Morgan fingerprint density at radius 3 is 2.48 bits per heavy atom. The molecule has 0 N–H and O–H groups in total. The first-order valence-corrected chi connectivity index (χ1v) is 9.70.